The first-order chi connectivity index (χ1) is 22.6. The van der Waals surface area contributed by atoms with E-state index in [0.29, 0.717) is 54.6 Å². The number of hydrogen-bond donors (Lipinski definition) is 3. The minimum Gasteiger partial charge on any atom is -0.432 e. The zero-order valence-corrected chi connectivity index (χ0v) is 26.7. The molecule has 47 heavy (non-hydrogen) atoms. The van der Waals surface area contributed by atoms with Gasteiger partial charge in [-0.1, -0.05) is 17.2 Å². The summed E-state index contributed by atoms with van der Waals surface area (Å²) in [7, 11) is 1.53. The number of benzene rings is 2. The minimum absolute atomic E-state index is 0.0553. The Kier molecular flexibility index (Phi) is 12.4. The molecule has 0 spiro atoms. The van der Waals surface area contributed by atoms with Crippen LogP contribution in [0.1, 0.15) is 73.4 Å². The number of nitrogens with one attached hydrogen (secondary N) is 3. The summed E-state index contributed by atoms with van der Waals surface area (Å²) in [5.74, 6) is -2.58. The Labute approximate surface area is 272 Å². The number of ether oxygens (including phenoxy) is 3. The van der Waals surface area contributed by atoms with Gasteiger partial charge in [0.1, 0.15) is 6.61 Å². The fourth-order valence-electron chi connectivity index (χ4n) is 5.24. The summed E-state index contributed by atoms with van der Waals surface area (Å²) in [4.78, 5) is 78.7. The molecule has 1 aliphatic carbocycles. The summed E-state index contributed by atoms with van der Waals surface area (Å²) in [6.07, 6.45) is -0.577. The van der Waals surface area contributed by atoms with Crippen LogP contribution in [-0.2, 0) is 38.2 Å². The van der Waals surface area contributed by atoms with Crippen molar-refractivity contribution in [2.45, 2.75) is 58.0 Å². The van der Waals surface area contributed by atoms with Gasteiger partial charge in [-0.3, -0.25) is 28.8 Å². The molecule has 1 aliphatic heterocycles. The number of nitrogens with zero attached hydrogens (tertiary/aromatic N) is 1. The number of carbonyl (C=O) groups excluding carboxylic acids is 6. The average molecular weight is 653 g/mol. The summed E-state index contributed by atoms with van der Waals surface area (Å²) in [5.41, 5.74) is 3.93. The van der Waals surface area contributed by atoms with Crippen LogP contribution in [0, 0.1) is 0 Å². The van der Waals surface area contributed by atoms with Gasteiger partial charge in [0, 0.05) is 63.1 Å². The highest BCUT2D eigenvalue weighted by atomic mass is 16.8. The highest BCUT2D eigenvalue weighted by Crippen LogP contribution is 2.46. The van der Waals surface area contributed by atoms with Crippen LogP contribution in [0.4, 0.5) is 10.5 Å². The minimum atomic E-state index is -1.22. The molecule has 1 heterocycles. The third kappa shape index (κ3) is 9.59. The molecule has 1 saturated heterocycles. The lowest BCUT2D eigenvalue weighted by Crippen LogP contribution is -2.32. The summed E-state index contributed by atoms with van der Waals surface area (Å²) in [6, 6.07) is 10.5. The molecule has 14 heteroatoms. The number of rotatable bonds is 16. The maximum atomic E-state index is 12.8. The largest absolute Gasteiger partial charge is 0.533 e. The molecule has 2 aromatic rings. The van der Waals surface area contributed by atoms with E-state index in [1.165, 1.54) is 7.11 Å². The predicted octanol–water partition coefficient (Wildman–Crippen LogP) is 3.04. The average Bonchev–Trinajstić information content (AvgIpc) is 3.52. The van der Waals surface area contributed by atoms with Gasteiger partial charge < -0.3 is 30.2 Å². The molecule has 252 valence electrons. The van der Waals surface area contributed by atoms with E-state index >= 15 is 0 Å². The van der Waals surface area contributed by atoms with Crippen molar-refractivity contribution >= 4 is 41.4 Å². The van der Waals surface area contributed by atoms with Gasteiger partial charge in [-0.25, -0.2) is 4.79 Å². The van der Waals surface area contributed by atoms with E-state index in [0.717, 1.165) is 16.7 Å². The van der Waals surface area contributed by atoms with Gasteiger partial charge in [0.2, 0.25) is 11.8 Å². The summed E-state index contributed by atoms with van der Waals surface area (Å²) >= 11 is 0. The van der Waals surface area contributed by atoms with E-state index in [2.05, 4.69) is 16.0 Å². The molecule has 3 N–H and O–H groups in total. The molecule has 0 aromatic heterocycles. The van der Waals surface area contributed by atoms with Crippen LogP contribution < -0.4 is 16.0 Å². The monoisotopic (exact) mass is 652 g/mol. The SMILES string of the molecule is COCCNC(=O)c1ccc2c(c1)C(COC(=O)ON1C(=O)CCC1=O)c1cc(NC(=O)CCCC(=O)NCCOC(C)C)ccc1-2. The number of fused-ring (bicyclic) bond motifs is 3. The van der Waals surface area contributed by atoms with Crippen LogP contribution in [0.15, 0.2) is 36.4 Å². The van der Waals surface area contributed by atoms with Crippen LogP contribution in [0.3, 0.4) is 0 Å². The van der Waals surface area contributed by atoms with Crippen molar-refractivity contribution in [3.05, 3.63) is 53.1 Å². The smallest absolute Gasteiger partial charge is 0.432 e. The van der Waals surface area contributed by atoms with Gasteiger partial charge in [-0.15, -0.1) is 0 Å². The van der Waals surface area contributed by atoms with E-state index in [1.807, 2.05) is 19.9 Å². The number of carbonyl (C=O) groups is 6. The Morgan fingerprint density at radius 1 is 0.872 bits per heavy atom. The number of methoxy groups -OCH3 is 1. The van der Waals surface area contributed by atoms with E-state index < -0.39 is 23.9 Å². The maximum Gasteiger partial charge on any atom is 0.533 e. The second kappa shape index (κ2) is 16.7. The molecule has 1 fully saturated rings. The second-order valence-electron chi connectivity index (χ2n) is 11.3. The first kappa shape index (κ1) is 35.0. The first-order valence-corrected chi connectivity index (χ1v) is 15.5. The molecular weight excluding hydrogens is 612 g/mol. The quantitative estimate of drug-likeness (QED) is 0.139. The molecule has 5 amide bonds. The molecule has 2 aliphatic rings. The van der Waals surface area contributed by atoms with Gasteiger partial charge in [0.05, 0.1) is 19.3 Å². The number of hydroxylamine groups is 2. The molecule has 14 nitrogen and oxygen atoms in total. The molecule has 1 atom stereocenters. The highest BCUT2D eigenvalue weighted by molar-refractivity contribution is 6.01. The summed E-state index contributed by atoms with van der Waals surface area (Å²) < 4.78 is 15.8. The molecule has 1 unspecified atom stereocenters. The van der Waals surface area contributed by atoms with Gasteiger partial charge in [0.25, 0.3) is 17.7 Å². The van der Waals surface area contributed by atoms with E-state index in [-0.39, 0.29) is 56.1 Å². The number of hydrogen-bond acceptors (Lipinski definition) is 10. The molecule has 4 rings (SSSR count). The van der Waals surface area contributed by atoms with E-state index in [9.17, 15) is 28.8 Å². The second-order valence-corrected chi connectivity index (χ2v) is 11.3. The lowest BCUT2D eigenvalue weighted by molar-refractivity contribution is -0.177. The van der Waals surface area contributed by atoms with Crippen LogP contribution in [-0.4, -0.2) is 86.9 Å². The molecule has 0 saturated carbocycles. The Balaban J connectivity index is 1.43. The summed E-state index contributed by atoms with van der Waals surface area (Å²) in [5, 5.41) is 8.80. The Morgan fingerprint density at radius 3 is 2.23 bits per heavy atom. The summed E-state index contributed by atoms with van der Waals surface area (Å²) in [6.45, 7) is 5.07. The lowest BCUT2D eigenvalue weighted by Gasteiger charge is -2.17. The van der Waals surface area contributed by atoms with Crippen LogP contribution in [0.5, 0.6) is 0 Å². The Morgan fingerprint density at radius 2 is 1.53 bits per heavy atom. The van der Waals surface area contributed by atoms with Crippen LogP contribution in [0.25, 0.3) is 11.1 Å². The number of amides is 5. The fourth-order valence-corrected chi connectivity index (χ4v) is 5.24. The zero-order chi connectivity index (χ0) is 33.9. The van der Waals surface area contributed by atoms with Crippen molar-refractivity contribution in [1.82, 2.24) is 15.7 Å². The van der Waals surface area contributed by atoms with Gasteiger partial charge in [-0.2, -0.15) is 0 Å². The van der Waals surface area contributed by atoms with Gasteiger partial charge in [0.15, 0.2) is 0 Å². The predicted molar refractivity (Wildman–Crippen MR) is 168 cm³/mol. The molecule has 0 bridgehead atoms. The molecular formula is C33H40N4O10. The van der Waals surface area contributed by atoms with Crippen molar-refractivity contribution in [3.63, 3.8) is 0 Å². The lowest BCUT2D eigenvalue weighted by atomic mass is 9.96. The van der Waals surface area contributed by atoms with Crippen molar-refractivity contribution in [2.24, 2.45) is 0 Å². The number of anilines is 1. The van der Waals surface area contributed by atoms with Crippen molar-refractivity contribution < 1.29 is 47.8 Å². The first-order valence-electron chi connectivity index (χ1n) is 15.5. The van der Waals surface area contributed by atoms with Crippen molar-refractivity contribution in [3.8, 4) is 11.1 Å². The molecule has 0 radical (unpaired) electrons. The van der Waals surface area contributed by atoms with E-state index in [4.69, 9.17) is 19.0 Å². The van der Waals surface area contributed by atoms with Gasteiger partial charge >= 0.3 is 6.16 Å². The molecule has 2 aromatic carbocycles. The fraction of sp³-hybridized carbons (Fsp3) is 0.455. The standard InChI is InChI=1S/C33H40N4O10/c1-20(2)45-16-14-34-28(38)5-4-6-29(39)36-22-8-10-24-23-9-7-21(32(42)35-13-15-44-3)17-25(23)27(26(24)18-22)19-46-33(43)47-37-30(40)11-12-31(37)41/h7-10,17-18,20,27H,4-6,11-16,19H2,1-3H3,(H,34,38)(H,35,42)(H,36,39). The van der Waals surface area contributed by atoms with Crippen molar-refractivity contribution in [1.29, 1.82) is 0 Å². The van der Waals surface area contributed by atoms with Gasteiger partial charge in [-0.05, 0) is 66.8 Å². The Bertz CT molecular complexity index is 1490. The number of imide groups is 1. The normalized spacial score (nSPS) is 14.9. The topological polar surface area (TPSA) is 179 Å². The van der Waals surface area contributed by atoms with Crippen LogP contribution in [0.2, 0.25) is 0 Å². The van der Waals surface area contributed by atoms with Crippen molar-refractivity contribution in [2.75, 3.05) is 45.3 Å². The van der Waals surface area contributed by atoms with E-state index in [1.54, 1.807) is 30.3 Å². The maximum absolute atomic E-state index is 12.8. The zero-order valence-electron chi connectivity index (χ0n) is 26.7. The third-order valence-electron chi connectivity index (χ3n) is 7.50. The van der Waals surface area contributed by atoms with Crippen LogP contribution >= 0.6 is 0 Å². The highest BCUT2D eigenvalue weighted by Gasteiger charge is 2.35. The Hall–Kier alpha value is -4.82. The third-order valence-corrected chi connectivity index (χ3v) is 7.50.